The molecule has 0 N–H and O–H groups in total. The molecule has 6 nitrogen and oxygen atoms in total. The van der Waals surface area contributed by atoms with Crippen LogP contribution in [0.25, 0.3) is 0 Å². The maximum absolute atomic E-state index is 12.3. The van der Waals surface area contributed by atoms with E-state index in [-0.39, 0.29) is 0 Å². The van der Waals surface area contributed by atoms with Crippen molar-refractivity contribution in [1.82, 2.24) is 4.90 Å². The van der Waals surface area contributed by atoms with Crippen molar-refractivity contribution in [3.05, 3.63) is 22.3 Å². The minimum Gasteiger partial charge on any atom is -0.467 e. The highest BCUT2D eigenvalue weighted by Crippen LogP contribution is 2.44. The third kappa shape index (κ3) is 2.59. The maximum Gasteiger partial charge on any atom is 0.338 e. The minimum atomic E-state index is -1.59. The molecule has 2 aliphatic heterocycles. The zero-order valence-electron chi connectivity index (χ0n) is 12.8. The lowest BCUT2D eigenvalue weighted by Gasteiger charge is -2.33. The van der Waals surface area contributed by atoms with Crippen LogP contribution in [0.5, 0.6) is 0 Å². The second kappa shape index (κ2) is 6.44. The molecule has 118 valence electrons. The molecule has 7 heteroatoms. The number of rotatable bonds is 3. The van der Waals surface area contributed by atoms with Crippen LogP contribution in [0.3, 0.4) is 0 Å². The molecule has 1 saturated heterocycles. The number of esters is 2. The molecule has 0 unspecified atom stereocenters. The van der Waals surface area contributed by atoms with E-state index in [1.54, 1.807) is 6.92 Å². The van der Waals surface area contributed by atoms with Gasteiger partial charge in [0.25, 0.3) is 0 Å². The second-order valence-corrected chi connectivity index (χ2v) is 6.55. The molecular weight excluding hydrogens is 304 g/mol. The first-order valence-electron chi connectivity index (χ1n) is 6.95. The highest BCUT2D eigenvalue weighted by molar-refractivity contribution is 8.06. The summed E-state index contributed by atoms with van der Waals surface area (Å²) in [5.74, 6) is -1.39. The summed E-state index contributed by atoms with van der Waals surface area (Å²) in [5.41, 5.74) is 1.11. The zero-order valence-corrected chi connectivity index (χ0v) is 13.7. The van der Waals surface area contributed by atoms with Crippen molar-refractivity contribution in [3.63, 3.8) is 0 Å². The van der Waals surface area contributed by atoms with Crippen LogP contribution in [-0.2, 0) is 19.1 Å². The number of carbonyl (C=O) groups is 2. The van der Waals surface area contributed by atoms with Crippen LogP contribution >= 0.6 is 11.8 Å². The van der Waals surface area contributed by atoms with Gasteiger partial charge >= 0.3 is 11.9 Å². The Morgan fingerprint density at radius 3 is 2.27 bits per heavy atom. The van der Waals surface area contributed by atoms with E-state index in [1.807, 2.05) is 4.90 Å². The van der Waals surface area contributed by atoms with E-state index in [4.69, 9.17) is 9.47 Å². The molecule has 0 aromatic heterocycles. The highest BCUT2D eigenvalue weighted by Gasteiger charge is 2.51. The molecule has 0 spiro atoms. The molecule has 2 aliphatic rings. The van der Waals surface area contributed by atoms with Gasteiger partial charge in [-0.15, -0.1) is 0 Å². The number of methoxy groups -OCH3 is 2. The predicted molar refractivity (Wildman–Crippen MR) is 81.6 cm³/mol. The van der Waals surface area contributed by atoms with E-state index >= 15 is 0 Å². The van der Waals surface area contributed by atoms with Gasteiger partial charge in [0, 0.05) is 18.0 Å². The summed E-state index contributed by atoms with van der Waals surface area (Å²) >= 11 is 0.999. The second-order valence-electron chi connectivity index (χ2n) is 5.09. The van der Waals surface area contributed by atoms with Crippen molar-refractivity contribution < 1.29 is 19.1 Å². The minimum absolute atomic E-state index is 0.496. The number of thioether (sulfide) groups is 1. The average Bonchev–Trinajstić information content (AvgIpc) is 3.06. The molecule has 1 fully saturated rings. The van der Waals surface area contributed by atoms with E-state index < -0.39 is 16.7 Å². The first-order valence-corrected chi connectivity index (χ1v) is 7.76. The quantitative estimate of drug-likeness (QED) is 0.576. The Labute approximate surface area is 133 Å². The Bertz CT molecular complexity index is 581. The van der Waals surface area contributed by atoms with Gasteiger partial charge in [0.1, 0.15) is 6.07 Å². The predicted octanol–water partition coefficient (Wildman–Crippen LogP) is 1.60. The van der Waals surface area contributed by atoms with Crippen molar-refractivity contribution in [2.45, 2.75) is 24.5 Å². The summed E-state index contributed by atoms with van der Waals surface area (Å²) in [4.78, 5) is 27.2. The van der Waals surface area contributed by atoms with Crippen LogP contribution < -0.4 is 0 Å². The number of hydrogen-bond donors (Lipinski definition) is 0. The molecule has 0 aromatic rings. The van der Waals surface area contributed by atoms with Crippen LogP contribution in [0, 0.1) is 11.3 Å². The van der Waals surface area contributed by atoms with Crippen molar-refractivity contribution in [1.29, 1.82) is 5.26 Å². The highest BCUT2D eigenvalue weighted by atomic mass is 32.2. The lowest BCUT2D eigenvalue weighted by Crippen LogP contribution is -2.46. The SMILES string of the molecule is COC(=O)C1(C(=O)OC)C=C(N2CCCC2)C(C#N)=C(C)S1. The van der Waals surface area contributed by atoms with Crippen molar-refractivity contribution in [2.24, 2.45) is 0 Å². The lowest BCUT2D eigenvalue weighted by atomic mass is 10.0. The van der Waals surface area contributed by atoms with E-state index in [0.717, 1.165) is 37.7 Å². The van der Waals surface area contributed by atoms with Gasteiger partial charge in [-0.25, -0.2) is 9.59 Å². The number of nitriles is 1. The smallest absolute Gasteiger partial charge is 0.338 e. The van der Waals surface area contributed by atoms with Gasteiger partial charge in [-0.3, -0.25) is 0 Å². The number of likely N-dealkylation sites (tertiary alicyclic amines) is 1. The molecule has 0 bridgehead atoms. The van der Waals surface area contributed by atoms with E-state index in [1.165, 1.54) is 20.3 Å². The Morgan fingerprint density at radius 1 is 1.27 bits per heavy atom. The Morgan fingerprint density at radius 2 is 1.82 bits per heavy atom. The summed E-state index contributed by atoms with van der Waals surface area (Å²) < 4.78 is 8.04. The Kier molecular flexibility index (Phi) is 4.81. The van der Waals surface area contributed by atoms with E-state index in [2.05, 4.69) is 6.07 Å². The fourth-order valence-corrected chi connectivity index (χ4v) is 3.94. The fraction of sp³-hybridized carbons (Fsp3) is 0.533. The van der Waals surface area contributed by atoms with Gasteiger partial charge in [-0.05, 0) is 25.8 Å². The number of nitrogens with zero attached hydrogens (tertiary/aromatic N) is 2. The fourth-order valence-electron chi connectivity index (χ4n) is 2.70. The van der Waals surface area contributed by atoms with Crippen molar-refractivity contribution in [2.75, 3.05) is 27.3 Å². The van der Waals surface area contributed by atoms with Crippen molar-refractivity contribution >= 4 is 23.7 Å². The van der Waals surface area contributed by atoms with Crippen molar-refractivity contribution in [3.8, 4) is 6.07 Å². The molecule has 0 radical (unpaired) electrons. The van der Waals surface area contributed by atoms with Crippen LogP contribution in [0.2, 0.25) is 0 Å². The van der Waals surface area contributed by atoms with E-state index in [9.17, 15) is 14.9 Å². The molecule has 2 heterocycles. The molecule has 0 aromatic carbocycles. The Hall–Kier alpha value is -1.94. The van der Waals surface area contributed by atoms with Gasteiger partial charge in [-0.1, -0.05) is 11.8 Å². The maximum atomic E-state index is 12.3. The topological polar surface area (TPSA) is 79.6 Å². The zero-order chi connectivity index (χ0) is 16.3. The summed E-state index contributed by atoms with van der Waals surface area (Å²) in [6, 6.07) is 2.18. The summed E-state index contributed by atoms with van der Waals surface area (Å²) in [7, 11) is 2.46. The first-order chi connectivity index (χ1) is 10.5. The molecule has 0 saturated carbocycles. The molecule has 2 rings (SSSR count). The first kappa shape index (κ1) is 16.4. The third-order valence-electron chi connectivity index (χ3n) is 3.80. The number of allylic oxidation sites excluding steroid dienone is 2. The van der Waals surface area contributed by atoms with Crippen LogP contribution in [0.1, 0.15) is 19.8 Å². The molecular formula is C15H18N2O4S. The molecule has 0 amide bonds. The Balaban J connectivity index is 2.58. The third-order valence-corrected chi connectivity index (χ3v) is 5.08. The van der Waals surface area contributed by atoms with Gasteiger partial charge in [0.05, 0.1) is 25.5 Å². The summed E-state index contributed by atoms with van der Waals surface area (Å²) in [5, 5.41) is 9.43. The van der Waals surface area contributed by atoms with Gasteiger partial charge in [0.2, 0.25) is 4.75 Å². The standard InChI is InChI=1S/C15H18N2O4S/c1-10-11(9-16)12(17-6-4-5-7-17)8-15(22-10,13(18)20-2)14(19)21-3/h8H,4-7H2,1-3H3. The van der Waals surface area contributed by atoms with Gasteiger partial charge < -0.3 is 14.4 Å². The van der Waals surface area contributed by atoms with Crippen LogP contribution in [-0.4, -0.2) is 48.9 Å². The van der Waals surface area contributed by atoms with Gasteiger partial charge in [-0.2, -0.15) is 5.26 Å². The summed E-state index contributed by atoms with van der Waals surface area (Å²) in [6.07, 6.45) is 3.56. The number of ether oxygens (including phenoxy) is 2. The molecule has 22 heavy (non-hydrogen) atoms. The monoisotopic (exact) mass is 322 g/mol. The van der Waals surface area contributed by atoms with Crippen LogP contribution in [0.4, 0.5) is 0 Å². The summed E-state index contributed by atoms with van der Waals surface area (Å²) in [6.45, 7) is 3.33. The molecule has 0 aliphatic carbocycles. The number of hydrogen-bond acceptors (Lipinski definition) is 7. The molecule has 0 atom stereocenters. The van der Waals surface area contributed by atoms with Gasteiger partial charge in [0.15, 0.2) is 0 Å². The normalized spacial score (nSPS) is 20.3. The number of carbonyl (C=O) groups excluding carboxylic acids is 2. The van der Waals surface area contributed by atoms with Crippen LogP contribution in [0.15, 0.2) is 22.3 Å². The lowest BCUT2D eigenvalue weighted by molar-refractivity contribution is -0.153. The largest absolute Gasteiger partial charge is 0.467 e. The average molecular weight is 322 g/mol. The van der Waals surface area contributed by atoms with E-state index in [0.29, 0.717) is 16.2 Å².